The van der Waals surface area contributed by atoms with Crippen molar-refractivity contribution in [3.05, 3.63) is 91.5 Å². The van der Waals surface area contributed by atoms with E-state index in [1.807, 2.05) is 36.4 Å². The number of nitrogens with one attached hydrogen (secondary N) is 2. The molecular formula is C37H32Br2N8O8. The highest BCUT2D eigenvalue weighted by Crippen LogP contribution is 2.37. The predicted molar refractivity (Wildman–Crippen MR) is 205 cm³/mol. The average Bonchev–Trinajstić information content (AvgIpc) is 3.85. The van der Waals surface area contributed by atoms with Crippen LogP contribution in [0, 0.1) is 0 Å². The number of anilines is 4. The van der Waals surface area contributed by atoms with Gasteiger partial charge in [-0.1, -0.05) is 42.2 Å². The number of nitrogens with zero attached hydrogens (tertiary/aromatic N) is 6. The van der Waals surface area contributed by atoms with Crippen LogP contribution in [0.25, 0.3) is 22.8 Å². The second kappa shape index (κ2) is 16.2. The van der Waals surface area contributed by atoms with Crippen molar-refractivity contribution in [2.24, 2.45) is 0 Å². The second-order valence-electron chi connectivity index (χ2n) is 12.0. The van der Waals surface area contributed by atoms with Gasteiger partial charge in [0.05, 0.1) is 39.3 Å². The van der Waals surface area contributed by atoms with Crippen LogP contribution in [0.4, 0.5) is 23.3 Å². The van der Waals surface area contributed by atoms with Crippen LogP contribution in [0.3, 0.4) is 0 Å². The molecule has 0 bridgehead atoms. The van der Waals surface area contributed by atoms with Crippen molar-refractivity contribution < 1.29 is 37.6 Å². The van der Waals surface area contributed by atoms with Crippen LogP contribution in [0.15, 0.2) is 66.8 Å². The maximum absolute atomic E-state index is 12.1. The Hall–Kier alpha value is -5.88. The minimum absolute atomic E-state index is 0.126. The number of methoxy groups -OCH3 is 3. The van der Waals surface area contributed by atoms with E-state index in [9.17, 15) is 9.59 Å². The van der Waals surface area contributed by atoms with E-state index in [1.54, 1.807) is 33.5 Å². The number of halogens is 2. The number of aromatic nitrogens is 6. The molecule has 2 aliphatic carbocycles. The molecule has 0 fully saturated rings. The van der Waals surface area contributed by atoms with E-state index >= 15 is 0 Å². The first-order valence-electron chi connectivity index (χ1n) is 16.9. The lowest BCUT2D eigenvalue weighted by atomic mass is 9.94. The molecule has 0 spiro atoms. The van der Waals surface area contributed by atoms with Crippen LogP contribution in [-0.4, -0.2) is 70.1 Å². The fourth-order valence-electron chi connectivity index (χ4n) is 6.07. The van der Waals surface area contributed by atoms with E-state index in [4.69, 9.17) is 28.0 Å². The van der Waals surface area contributed by atoms with E-state index in [0.29, 0.717) is 77.4 Å². The molecule has 4 heterocycles. The molecular weight excluding hydrogens is 844 g/mol. The number of ether oxygens (including phenoxy) is 4. The summed E-state index contributed by atoms with van der Waals surface area (Å²) >= 11 is 6.83. The maximum Gasteiger partial charge on any atom is 0.377 e. The fourth-order valence-corrected chi connectivity index (χ4v) is 6.75. The minimum atomic E-state index is -0.542. The van der Waals surface area contributed by atoms with Crippen molar-refractivity contribution in [1.29, 1.82) is 0 Å². The zero-order chi connectivity index (χ0) is 38.6. The number of carbonyl (C=O) groups is 2. The first kappa shape index (κ1) is 37.4. The minimum Gasteiger partial charge on any atom is -0.495 e. The third-order valence-corrected chi connectivity index (χ3v) is 9.68. The Morgan fingerprint density at radius 3 is 1.60 bits per heavy atom. The number of hydrogen-bond donors (Lipinski definition) is 2. The van der Waals surface area contributed by atoms with Gasteiger partial charge in [-0.15, -0.1) is 0 Å². The lowest BCUT2D eigenvalue weighted by Gasteiger charge is -2.15. The van der Waals surface area contributed by atoms with Crippen LogP contribution in [-0.2, 0) is 35.2 Å². The summed E-state index contributed by atoms with van der Waals surface area (Å²) in [5.41, 5.74) is 7.17. The van der Waals surface area contributed by atoms with Gasteiger partial charge >= 0.3 is 11.9 Å². The van der Waals surface area contributed by atoms with E-state index in [2.05, 4.69) is 72.7 Å². The first-order chi connectivity index (χ1) is 26.7. The summed E-state index contributed by atoms with van der Waals surface area (Å²) < 4.78 is 32.8. The number of fused-ring (bicyclic) bond motifs is 6. The van der Waals surface area contributed by atoms with Crippen molar-refractivity contribution in [3.63, 3.8) is 0 Å². The molecule has 18 heteroatoms. The number of hydrogen-bond acceptors (Lipinski definition) is 16. The van der Waals surface area contributed by atoms with Crippen molar-refractivity contribution >= 4 is 67.1 Å². The fraction of sp³-hybridized carbons (Fsp3) is 0.243. The molecule has 16 nitrogen and oxygen atoms in total. The van der Waals surface area contributed by atoms with E-state index in [0.717, 1.165) is 37.0 Å². The van der Waals surface area contributed by atoms with Gasteiger partial charge in [-0.3, -0.25) is 0 Å². The quantitative estimate of drug-likeness (QED) is 0.136. The van der Waals surface area contributed by atoms with E-state index in [-0.39, 0.29) is 18.1 Å². The number of aryl methyl sites for hydroxylation is 2. The van der Waals surface area contributed by atoms with Crippen LogP contribution in [0.5, 0.6) is 11.5 Å². The molecule has 2 N–H and O–H groups in total. The first-order valence-corrected chi connectivity index (χ1v) is 18.5. The average molecular weight is 877 g/mol. The summed E-state index contributed by atoms with van der Waals surface area (Å²) in [6.45, 7) is 2.02. The summed E-state index contributed by atoms with van der Waals surface area (Å²) in [7, 11) is 4.50. The summed E-state index contributed by atoms with van der Waals surface area (Å²) in [6.07, 6.45) is 6.14. The highest BCUT2D eigenvalue weighted by Gasteiger charge is 2.31. The summed E-state index contributed by atoms with van der Waals surface area (Å²) in [4.78, 5) is 41.9. The van der Waals surface area contributed by atoms with Gasteiger partial charge in [-0.2, -0.15) is 0 Å². The molecule has 0 radical (unpaired) electrons. The molecule has 0 unspecified atom stereocenters. The standard InChI is InChI=1S/C19H17BrN4O4.C18H15BrN4O4/c1-3-27-18(25)17-12-6-4-10-9-21-19(23-15(10)16(12)24-28-17)22-13-7-5-11(20)8-14(13)26-2;1-25-13-7-10(19)4-6-12(13)21-18-20-8-9-3-5-11-15(14(9)22-18)23-27-16(11)17(24)26-2/h5,7-9H,3-4,6H2,1-2H3,(H,21,22,23);4,6-8H,3,5H2,1-2H3,(H,20,21,22). The van der Waals surface area contributed by atoms with Crippen LogP contribution in [0.1, 0.15) is 50.3 Å². The summed E-state index contributed by atoms with van der Waals surface area (Å²) in [5, 5.41) is 14.4. The summed E-state index contributed by atoms with van der Waals surface area (Å²) in [5.74, 6) is 1.32. The molecule has 6 aromatic rings. The van der Waals surface area contributed by atoms with Crippen LogP contribution < -0.4 is 20.1 Å². The Kier molecular flexibility index (Phi) is 11.1. The van der Waals surface area contributed by atoms with Crippen LogP contribution in [0.2, 0.25) is 0 Å². The molecule has 8 rings (SSSR count). The summed E-state index contributed by atoms with van der Waals surface area (Å²) in [6, 6.07) is 11.2. The van der Waals surface area contributed by atoms with Gasteiger partial charge < -0.3 is 38.6 Å². The third kappa shape index (κ3) is 7.72. The topological polar surface area (TPSA) is 199 Å². The molecule has 4 aromatic heterocycles. The van der Waals surface area contributed by atoms with Crippen molar-refractivity contribution in [3.8, 4) is 34.3 Å². The van der Waals surface area contributed by atoms with E-state index in [1.165, 1.54) is 7.11 Å². The zero-order valence-corrected chi connectivity index (χ0v) is 33.0. The van der Waals surface area contributed by atoms with Gasteiger partial charge in [0.25, 0.3) is 0 Å². The smallest absolute Gasteiger partial charge is 0.377 e. The van der Waals surface area contributed by atoms with Gasteiger partial charge in [0.15, 0.2) is 0 Å². The third-order valence-electron chi connectivity index (χ3n) is 8.69. The number of benzene rings is 2. The van der Waals surface area contributed by atoms with Gasteiger partial charge in [0.1, 0.15) is 34.3 Å². The normalized spacial score (nSPS) is 12.1. The molecule has 282 valence electrons. The highest BCUT2D eigenvalue weighted by atomic mass is 79.9. The Labute approximate surface area is 330 Å². The molecule has 0 atom stereocenters. The van der Waals surface area contributed by atoms with Crippen LogP contribution >= 0.6 is 31.9 Å². The molecule has 55 heavy (non-hydrogen) atoms. The molecule has 2 aromatic carbocycles. The lowest BCUT2D eigenvalue weighted by Crippen LogP contribution is -2.12. The Morgan fingerprint density at radius 2 is 1.16 bits per heavy atom. The number of carbonyl (C=O) groups excluding carboxylic acids is 2. The maximum atomic E-state index is 12.1. The van der Waals surface area contributed by atoms with Gasteiger partial charge in [-0.25, -0.2) is 29.5 Å². The Morgan fingerprint density at radius 1 is 0.691 bits per heavy atom. The second-order valence-corrected chi connectivity index (χ2v) is 13.8. The van der Waals surface area contributed by atoms with Crippen molar-refractivity contribution in [1.82, 2.24) is 30.2 Å². The molecule has 0 aliphatic heterocycles. The molecule has 0 saturated heterocycles. The Bertz CT molecular complexity index is 2420. The Balaban J connectivity index is 0.000000169. The SMILES string of the molecule is CCOC(=O)c1onc2c1CCc1cnc(Nc3ccc(Br)cc3OC)nc1-2.COC(=O)c1onc2c1CCc1cnc(Nc3ccc(Br)cc3OC)nc1-2. The highest BCUT2D eigenvalue weighted by molar-refractivity contribution is 9.10. The number of esters is 2. The molecule has 2 aliphatic rings. The molecule has 0 amide bonds. The van der Waals surface area contributed by atoms with Crippen molar-refractivity contribution in [2.75, 3.05) is 38.6 Å². The van der Waals surface area contributed by atoms with Gasteiger partial charge in [0.2, 0.25) is 23.4 Å². The predicted octanol–water partition coefficient (Wildman–Crippen LogP) is 7.45. The monoisotopic (exact) mass is 874 g/mol. The zero-order valence-electron chi connectivity index (χ0n) is 29.9. The molecule has 0 saturated carbocycles. The van der Waals surface area contributed by atoms with Crippen molar-refractivity contribution in [2.45, 2.75) is 32.6 Å². The lowest BCUT2D eigenvalue weighted by molar-refractivity contribution is 0.0477. The van der Waals surface area contributed by atoms with Gasteiger partial charge in [0, 0.05) is 32.5 Å². The largest absolute Gasteiger partial charge is 0.495 e. The van der Waals surface area contributed by atoms with E-state index < -0.39 is 11.9 Å². The number of rotatable bonds is 9. The van der Waals surface area contributed by atoms with Gasteiger partial charge in [-0.05, 0) is 80.1 Å².